The Morgan fingerprint density at radius 1 is 1.75 bits per heavy atom. The van der Waals surface area contributed by atoms with Crippen LogP contribution in [0.1, 0.15) is 5.76 Å². The molecular formula is C5H5ClOS. The van der Waals surface area contributed by atoms with Crippen molar-refractivity contribution in [3.8, 4) is 0 Å². The van der Waals surface area contributed by atoms with Crippen LogP contribution in [0.5, 0.6) is 0 Å². The standard InChI is InChI=1S/C5H5ClOS/c6-4-1-5(3-8)7-2-4/h1-2,8H,3H2. The minimum absolute atomic E-state index is 0.604. The van der Waals surface area contributed by atoms with Gasteiger partial charge in [-0.15, -0.1) is 0 Å². The second-order valence-corrected chi connectivity index (χ2v) is 2.14. The van der Waals surface area contributed by atoms with Crippen LogP contribution in [0.2, 0.25) is 5.02 Å². The lowest BCUT2D eigenvalue weighted by atomic mass is 10.5. The van der Waals surface area contributed by atoms with E-state index in [1.807, 2.05) is 0 Å². The largest absolute Gasteiger partial charge is 0.467 e. The number of rotatable bonds is 1. The van der Waals surface area contributed by atoms with E-state index in [0.29, 0.717) is 10.8 Å². The number of halogens is 1. The highest BCUT2D eigenvalue weighted by molar-refractivity contribution is 7.79. The molecule has 1 rings (SSSR count). The quantitative estimate of drug-likeness (QED) is 0.604. The Hall–Kier alpha value is -0.0800. The number of furan rings is 1. The van der Waals surface area contributed by atoms with E-state index in [0.717, 1.165) is 5.76 Å². The lowest BCUT2D eigenvalue weighted by molar-refractivity contribution is 0.531. The van der Waals surface area contributed by atoms with Crippen LogP contribution in [-0.4, -0.2) is 0 Å². The van der Waals surface area contributed by atoms with Crippen LogP contribution >= 0.6 is 24.2 Å². The molecule has 0 saturated heterocycles. The van der Waals surface area contributed by atoms with Gasteiger partial charge in [-0.3, -0.25) is 0 Å². The summed E-state index contributed by atoms with van der Waals surface area (Å²) in [6.45, 7) is 0. The Labute approximate surface area is 58.0 Å². The molecule has 0 N–H and O–H groups in total. The molecule has 1 aromatic rings. The third-order valence-corrected chi connectivity index (χ3v) is 1.29. The van der Waals surface area contributed by atoms with Crippen molar-refractivity contribution in [2.24, 2.45) is 0 Å². The Bertz CT molecular complexity index is 173. The summed E-state index contributed by atoms with van der Waals surface area (Å²) in [5.41, 5.74) is 0. The molecule has 0 aromatic carbocycles. The molecule has 1 nitrogen and oxygen atoms in total. The van der Waals surface area contributed by atoms with E-state index in [4.69, 9.17) is 16.0 Å². The fourth-order valence-electron chi connectivity index (χ4n) is 0.437. The maximum Gasteiger partial charge on any atom is 0.114 e. The first-order valence-corrected chi connectivity index (χ1v) is 3.18. The van der Waals surface area contributed by atoms with Crippen LogP contribution in [0.25, 0.3) is 0 Å². The summed E-state index contributed by atoms with van der Waals surface area (Å²) in [5, 5.41) is 0.633. The summed E-state index contributed by atoms with van der Waals surface area (Å²) in [5.74, 6) is 1.41. The predicted octanol–water partition coefficient (Wildman–Crippen LogP) is 2.36. The van der Waals surface area contributed by atoms with Gasteiger partial charge in [0, 0.05) is 5.75 Å². The molecular weight excluding hydrogens is 144 g/mol. The fourth-order valence-corrected chi connectivity index (χ4v) is 0.769. The summed E-state index contributed by atoms with van der Waals surface area (Å²) in [7, 11) is 0. The third kappa shape index (κ3) is 1.20. The summed E-state index contributed by atoms with van der Waals surface area (Å²) in [4.78, 5) is 0. The van der Waals surface area contributed by atoms with E-state index < -0.39 is 0 Å². The molecule has 1 heterocycles. The van der Waals surface area contributed by atoms with Gasteiger partial charge in [-0.1, -0.05) is 11.6 Å². The van der Waals surface area contributed by atoms with Gasteiger partial charge in [0.25, 0.3) is 0 Å². The van der Waals surface area contributed by atoms with E-state index in [1.165, 1.54) is 6.26 Å². The zero-order valence-corrected chi connectivity index (χ0v) is 5.75. The van der Waals surface area contributed by atoms with Gasteiger partial charge in [0.05, 0.1) is 5.02 Å². The molecule has 0 radical (unpaired) electrons. The molecule has 1 aromatic heterocycles. The van der Waals surface area contributed by atoms with Crippen molar-refractivity contribution < 1.29 is 4.42 Å². The second-order valence-electron chi connectivity index (χ2n) is 1.39. The van der Waals surface area contributed by atoms with Crippen molar-refractivity contribution in [2.75, 3.05) is 0 Å². The molecule has 8 heavy (non-hydrogen) atoms. The van der Waals surface area contributed by atoms with E-state index in [2.05, 4.69) is 12.6 Å². The topological polar surface area (TPSA) is 13.1 Å². The maximum absolute atomic E-state index is 5.51. The van der Waals surface area contributed by atoms with Crippen molar-refractivity contribution >= 4 is 24.2 Å². The van der Waals surface area contributed by atoms with E-state index in [-0.39, 0.29) is 0 Å². The van der Waals surface area contributed by atoms with Crippen LogP contribution in [0, 0.1) is 0 Å². The molecule has 0 spiro atoms. The van der Waals surface area contributed by atoms with Gasteiger partial charge in [-0.25, -0.2) is 0 Å². The Morgan fingerprint density at radius 2 is 2.50 bits per heavy atom. The van der Waals surface area contributed by atoms with Gasteiger partial charge in [0.1, 0.15) is 12.0 Å². The summed E-state index contributed by atoms with van der Waals surface area (Å²) in [6, 6.07) is 1.74. The lowest BCUT2D eigenvalue weighted by Crippen LogP contribution is -1.63. The molecule has 0 aliphatic heterocycles. The van der Waals surface area contributed by atoms with Gasteiger partial charge < -0.3 is 4.42 Å². The highest BCUT2D eigenvalue weighted by Crippen LogP contribution is 2.13. The van der Waals surface area contributed by atoms with Gasteiger partial charge in [-0.05, 0) is 6.07 Å². The highest BCUT2D eigenvalue weighted by atomic mass is 35.5. The molecule has 3 heteroatoms. The Balaban J connectivity index is 2.84. The number of hydrogen-bond acceptors (Lipinski definition) is 2. The van der Waals surface area contributed by atoms with Gasteiger partial charge in [0.15, 0.2) is 0 Å². The number of thiol groups is 1. The highest BCUT2D eigenvalue weighted by Gasteiger charge is 1.93. The van der Waals surface area contributed by atoms with Crippen molar-refractivity contribution in [1.29, 1.82) is 0 Å². The first kappa shape index (κ1) is 6.05. The van der Waals surface area contributed by atoms with Crippen LogP contribution in [0.15, 0.2) is 16.7 Å². The first-order valence-electron chi connectivity index (χ1n) is 2.16. The second kappa shape index (κ2) is 2.46. The average molecular weight is 149 g/mol. The van der Waals surface area contributed by atoms with Crippen LogP contribution in [0.4, 0.5) is 0 Å². The molecule has 0 aliphatic rings. The van der Waals surface area contributed by atoms with Gasteiger partial charge >= 0.3 is 0 Å². The summed E-state index contributed by atoms with van der Waals surface area (Å²) in [6.07, 6.45) is 1.49. The summed E-state index contributed by atoms with van der Waals surface area (Å²) < 4.78 is 4.91. The molecule has 0 aliphatic carbocycles. The normalized spacial score (nSPS) is 9.75. The Kier molecular flexibility index (Phi) is 1.86. The smallest absolute Gasteiger partial charge is 0.114 e. The van der Waals surface area contributed by atoms with E-state index >= 15 is 0 Å². The Morgan fingerprint density at radius 3 is 2.75 bits per heavy atom. The molecule has 0 bridgehead atoms. The maximum atomic E-state index is 5.51. The van der Waals surface area contributed by atoms with E-state index in [1.54, 1.807) is 6.07 Å². The molecule has 44 valence electrons. The monoisotopic (exact) mass is 148 g/mol. The minimum atomic E-state index is 0.604. The minimum Gasteiger partial charge on any atom is -0.467 e. The predicted molar refractivity (Wildman–Crippen MR) is 36.4 cm³/mol. The van der Waals surface area contributed by atoms with Crippen molar-refractivity contribution in [2.45, 2.75) is 5.75 Å². The zero-order valence-electron chi connectivity index (χ0n) is 4.10. The van der Waals surface area contributed by atoms with Crippen LogP contribution in [-0.2, 0) is 5.75 Å². The molecule has 0 saturated carbocycles. The lowest BCUT2D eigenvalue weighted by Gasteiger charge is -1.78. The van der Waals surface area contributed by atoms with Crippen molar-refractivity contribution in [3.05, 3.63) is 23.1 Å². The first-order chi connectivity index (χ1) is 3.83. The number of hydrogen-bond donors (Lipinski definition) is 1. The molecule has 0 amide bonds. The fraction of sp³-hybridized carbons (Fsp3) is 0.200. The molecule has 0 atom stereocenters. The third-order valence-electron chi connectivity index (χ3n) is 0.778. The van der Waals surface area contributed by atoms with Gasteiger partial charge in [-0.2, -0.15) is 12.6 Å². The average Bonchev–Trinajstić information content (AvgIpc) is 2.14. The molecule has 0 unspecified atom stereocenters. The van der Waals surface area contributed by atoms with Crippen LogP contribution in [0.3, 0.4) is 0 Å². The van der Waals surface area contributed by atoms with E-state index in [9.17, 15) is 0 Å². The van der Waals surface area contributed by atoms with Crippen molar-refractivity contribution in [1.82, 2.24) is 0 Å². The zero-order chi connectivity index (χ0) is 5.98. The SMILES string of the molecule is SCc1cc(Cl)co1. The van der Waals surface area contributed by atoms with Gasteiger partial charge in [0.2, 0.25) is 0 Å². The van der Waals surface area contributed by atoms with Crippen molar-refractivity contribution in [3.63, 3.8) is 0 Å². The summed E-state index contributed by atoms with van der Waals surface area (Å²) >= 11 is 9.48. The molecule has 0 fully saturated rings. The van der Waals surface area contributed by atoms with Crippen LogP contribution < -0.4 is 0 Å².